The van der Waals surface area contributed by atoms with Gasteiger partial charge in [0.2, 0.25) is 0 Å². The van der Waals surface area contributed by atoms with Crippen LogP contribution in [0.2, 0.25) is 0 Å². The fourth-order valence-corrected chi connectivity index (χ4v) is 2.14. The highest BCUT2D eigenvalue weighted by Gasteiger charge is 2.13. The molecule has 0 spiro atoms. The first-order valence-corrected chi connectivity index (χ1v) is 5.75. The molecule has 0 saturated carbocycles. The normalized spacial score (nSPS) is 10.3. The van der Waals surface area contributed by atoms with Crippen LogP contribution in [-0.4, -0.2) is 4.98 Å². The van der Waals surface area contributed by atoms with Crippen molar-refractivity contribution in [2.75, 3.05) is 5.73 Å². The van der Waals surface area contributed by atoms with Crippen LogP contribution in [0, 0.1) is 11.6 Å². The van der Waals surface area contributed by atoms with Crippen molar-refractivity contribution in [3.63, 3.8) is 0 Å². The minimum absolute atomic E-state index is 0. The summed E-state index contributed by atoms with van der Waals surface area (Å²) in [4.78, 5) is 4.12. The van der Waals surface area contributed by atoms with E-state index < -0.39 is 11.6 Å². The molecule has 0 radical (unpaired) electrons. The number of rotatable bonds is 1. The molecule has 5 heteroatoms. The van der Waals surface area contributed by atoms with Gasteiger partial charge >= 0.3 is 0 Å². The second-order valence-electron chi connectivity index (χ2n) is 4.23. The monoisotopic (exact) mass is 273 g/mol. The molecule has 0 aliphatic carbocycles. The summed E-state index contributed by atoms with van der Waals surface area (Å²) >= 11 is 0. The van der Waals surface area contributed by atoms with Crippen LogP contribution in [0.4, 0.5) is 14.5 Å². The maximum absolute atomic E-state index is 13.9. The number of aromatic nitrogens is 1. The molecule has 2 aromatic carbocycles. The Bertz CT molecular complexity index is 767. The first kappa shape index (κ1) is 13.9. The number of nitrogens with two attached hydrogens (primary N) is 1. The molecule has 0 atom stereocenters. The van der Waals surface area contributed by atoms with Crippen LogP contribution < -0.4 is 11.9 Å². The van der Waals surface area contributed by atoms with E-state index in [4.69, 9.17) is 5.73 Å². The van der Waals surface area contributed by atoms with Gasteiger partial charge in [0.05, 0.1) is 17.4 Å². The van der Waals surface area contributed by atoms with Gasteiger partial charge in [0.15, 0.2) is 0 Å². The number of hydrogen-bond donors (Lipinski definition) is 2. The Morgan fingerprint density at radius 1 is 1.00 bits per heavy atom. The zero-order valence-corrected chi connectivity index (χ0v) is 10.6. The summed E-state index contributed by atoms with van der Waals surface area (Å²) in [6.45, 7) is 0. The van der Waals surface area contributed by atoms with Gasteiger partial charge in [0.1, 0.15) is 11.6 Å². The van der Waals surface area contributed by atoms with E-state index >= 15 is 0 Å². The Morgan fingerprint density at radius 3 is 2.50 bits per heavy atom. The molecule has 20 heavy (non-hydrogen) atoms. The molecule has 0 fully saturated rings. The number of pyridine rings is 1. The van der Waals surface area contributed by atoms with Crippen LogP contribution in [0.5, 0.6) is 0 Å². The van der Waals surface area contributed by atoms with Crippen LogP contribution in [0.1, 0.15) is 0 Å². The molecule has 3 rings (SSSR count). The van der Waals surface area contributed by atoms with Gasteiger partial charge in [-0.25, -0.2) is 8.78 Å². The molecule has 102 valence electrons. The third-order valence-electron chi connectivity index (χ3n) is 3.00. The number of halogens is 2. The number of nitrogen functional groups attached to an aromatic ring is 1. The second kappa shape index (κ2) is 5.22. The van der Waals surface area contributed by atoms with E-state index in [0.29, 0.717) is 27.7 Å². The summed E-state index contributed by atoms with van der Waals surface area (Å²) in [7, 11) is 0. The summed E-state index contributed by atoms with van der Waals surface area (Å²) in [5.74, 6) is -0.802. The molecule has 0 amide bonds. The molecular formula is C15H13F2N3. The van der Waals surface area contributed by atoms with Crippen molar-refractivity contribution in [2.24, 2.45) is 0 Å². The Kier molecular flexibility index (Phi) is 3.63. The van der Waals surface area contributed by atoms with Gasteiger partial charge < -0.3 is 11.9 Å². The summed E-state index contributed by atoms with van der Waals surface area (Å²) in [5, 5.41) is 0.505. The van der Waals surface area contributed by atoms with E-state index in [9.17, 15) is 8.78 Å². The molecule has 3 aromatic rings. The summed E-state index contributed by atoms with van der Waals surface area (Å²) in [5.41, 5.74) is 7.61. The largest absolute Gasteiger partial charge is 0.397 e. The van der Waals surface area contributed by atoms with Gasteiger partial charge in [-0.3, -0.25) is 4.98 Å². The maximum Gasteiger partial charge on any atom is 0.131 e. The van der Waals surface area contributed by atoms with Gasteiger partial charge in [-0.1, -0.05) is 18.2 Å². The predicted molar refractivity (Wildman–Crippen MR) is 76.5 cm³/mol. The lowest BCUT2D eigenvalue weighted by atomic mass is 9.99. The van der Waals surface area contributed by atoms with Crippen molar-refractivity contribution in [1.82, 2.24) is 11.1 Å². The van der Waals surface area contributed by atoms with Crippen molar-refractivity contribution in [1.29, 1.82) is 0 Å². The molecule has 0 aliphatic rings. The molecular weight excluding hydrogens is 260 g/mol. The van der Waals surface area contributed by atoms with E-state index in [1.807, 2.05) is 0 Å². The van der Waals surface area contributed by atoms with E-state index in [0.717, 1.165) is 0 Å². The second-order valence-corrected chi connectivity index (χ2v) is 4.23. The van der Waals surface area contributed by atoms with Gasteiger partial charge in [-0.2, -0.15) is 0 Å². The van der Waals surface area contributed by atoms with Crippen molar-refractivity contribution < 1.29 is 8.78 Å². The summed E-state index contributed by atoms with van der Waals surface area (Å²) < 4.78 is 27.3. The average Bonchev–Trinajstić information content (AvgIpc) is 2.40. The van der Waals surface area contributed by atoms with E-state index in [1.54, 1.807) is 24.3 Å². The number of anilines is 1. The average molecular weight is 273 g/mol. The van der Waals surface area contributed by atoms with Gasteiger partial charge in [0, 0.05) is 16.5 Å². The summed E-state index contributed by atoms with van der Waals surface area (Å²) in [6.07, 6.45) is 1.46. The molecule has 1 aromatic heterocycles. The minimum atomic E-state index is -0.405. The molecule has 1 heterocycles. The van der Waals surface area contributed by atoms with Crippen LogP contribution in [0.25, 0.3) is 22.0 Å². The van der Waals surface area contributed by atoms with Crippen molar-refractivity contribution in [2.45, 2.75) is 0 Å². The zero-order chi connectivity index (χ0) is 13.4. The van der Waals surface area contributed by atoms with Crippen LogP contribution in [-0.2, 0) is 0 Å². The number of nitrogens with zero attached hydrogens (tertiary/aromatic N) is 1. The Labute approximate surface area is 114 Å². The number of fused-ring (bicyclic) bond motifs is 1. The lowest BCUT2D eigenvalue weighted by Gasteiger charge is -2.10. The topological polar surface area (TPSA) is 73.9 Å². The van der Waals surface area contributed by atoms with Crippen LogP contribution in [0.15, 0.2) is 48.7 Å². The fraction of sp³-hybridized carbons (Fsp3) is 0. The first-order chi connectivity index (χ1) is 9.16. The lowest BCUT2D eigenvalue weighted by molar-refractivity contribution is 0.628. The highest BCUT2D eigenvalue weighted by atomic mass is 19.1. The van der Waals surface area contributed by atoms with Gasteiger partial charge in [-0.15, -0.1) is 0 Å². The molecule has 3 nitrogen and oxygen atoms in total. The Balaban J connectivity index is 0.00000147. The third kappa shape index (κ3) is 2.19. The predicted octanol–water partition coefficient (Wildman–Crippen LogP) is 3.92. The van der Waals surface area contributed by atoms with E-state index in [-0.39, 0.29) is 6.15 Å². The van der Waals surface area contributed by atoms with E-state index in [1.165, 1.54) is 24.4 Å². The number of hydrogen-bond acceptors (Lipinski definition) is 3. The van der Waals surface area contributed by atoms with Crippen molar-refractivity contribution in [3.8, 4) is 11.1 Å². The molecule has 0 unspecified atom stereocenters. The summed E-state index contributed by atoms with van der Waals surface area (Å²) in [6, 6.07) is 10.5. The standard InChI is InChI=1S/C15H10F2N2.H3N/c16-9-5-6-14-11(7-9)15(13(18)8-19-14)10-3-1-2-4-12(10)17;/h1-8H,18H2;1H3. The Morgan fingerprint density at radius 2 is 1.75 bits per heavy atom. The number of benzene rings is 2. The highest BCUT2D eigenvalue weighted by Crippen LogP contribution is 2.34. The highest BCUT2D eigenvalue weighted by molar-refractivity contribution is 6.00. The molecule has 0 saturated heterocycles. The molecule has 0 bridgehead atoms. The molecule has 5 N–H and O–H groups in total. The maximum atomic E-state index is 13.9. The SMILES string of the molecule is N.Nc1cnc2ccc(F)cc2c1-c1ccccc1F. The van der Waals surface area contributed by atoms with Crippen molar-refractivity contribution in [3.05, 3.63) is 60.3 Å². The smallest absolute Gasteiger partial charge is 0.131 e. The zero-order valence-electron chi connectivity index (χ0n) is 10.6. The Hall–Kier alpha value is -2.53. The van der Waals surface area contributed by atoms with Crippen LogP contribution >= 0.6 is 0 Å². The quantitative estimate of drug-likeness (QED) is 0.705. The van der Waals surface area contributed by atoms with E-state index in [2.05, 4.69) is 4.98 Å². The third-order valence-corrected chi connectivity index (χ3v) is 3.00. The van der Waals surface area contributed by atoms with Gasteiger partial charge in [0.25, 0.3) is 0 Å². The first-order valence-electron chi connectivity index (χ1n) is 5.75. The van der Waals surface area contributed by atoms with Crippen molar-refractivity contribution >= 4 is 16.6 Å². The minimum Gasteiger partial charge on any atom is -0.397 e. The molecule has 0 aliphatic heterocycles. The van der Waals surface area contributed by atoms with Crippen LogP contribution in [0.3, 0.4) is 0 Å². The van der Waals surface area contributed by atoms with Gasteiger partial charge in [-0.05, 0) is 24.3 Å². The lowest BCUT2D eigenvalue weighted by Crippen LogP contribution is -1.96. The fourth-order valence-electron chi connectivity index (χ4n) is 2.14.